The highest BCUT2D eigenvalue weighted by molar-refractivity contribution is 7.84. The highest BCUT2D eigenvalue weighted by atomic mass is 35.5. The Morgan fingerprint density at radius 1 is 1.07 bits per heavy atom. The van der Waals surface area contributed by atoms with Gasteiger partial charge in [0.1, 0.15) is 10.7 Å². The summed E-state index contributed by atoms with van der Waals surface area (Å²) < 4.78 is 42.1. The molecule has 0 saturated carbocycles. The molecule has 0 bridgehead atoms. The number of halogens is 3. The van der Waals surface area contributed by atoms with Crippen LogP contribution < -0.4 is 0 Å². The summed E-state index contributed by atoms with van der Waals surface area (Å²) in [5.74, 6) is -2.98. The van der Waals surface area contributed by atoms with Crippen molar-refractivity contribution in [1.29, 1.82) is 0 Å². The van der Waals surface area contributed by atoms with Crippen LogP contribution in [-0.2, 0) is 11.0 Å². The molecule has 0 aliphatic carbocycles. The average molecular weight is 405 g/mol. The molecule has 136 valence electrons. The van der Waals surface area contributed by atoms with Crippen LogP contribution >= 0.6 is 11.6 Å². The molecule has 0 amide bonds. The molecule has 2 aromatic heterocycles. The van der Waals surface area contributed by atoms with Gasteiger partial charge in [0.2, 0.25) is 0 Å². The molecule has 1 unspecified atom stereocenters. The first-order valence-electron chi connectivity index (χ1n) is 7.78. The monoisotopic (exact) mass is 404 g/mol. The van der Waals surface area contributed by atoms with E-state index in [0.29, 0.717) is 33.4 Å². The van der Waals surface area contributed by atoms with Crippen LogP contribution in [-0.4, -0.2) is 18.3 Å². The second-order valence-electron chi connectivity index (χ2n) is 5.73. The number of rotatable bonds is 3. The Kier molecular flexibility index (Phi) is 4.41. The fourth-order valence-corrected chi connectivity index (χ4v) is 4.33. The molecule has 0 fully saturated rings. The number of fused-ring (bicyclic) bond motifs is 1. The van der Waals surface area contributed by atoms with Crippen molar-refractivity contribution in [3.63, 3.8) is 0 Å². The van der Waals surface area contributed by atoms with Crippen molar-refractivity contribution < 1.29 is 18.1 Å². The van der Waals surface area contributed by atoms with E-state index in [1.807, 2.05) is 0 Å². The molecule has 27 heavy (non-hydrogen) atoms. The third-order valence-electron chi connectivity index (χ3n) is 3.99. The predicted molar refractivity (Wildman–Crippen MR) is 100 cm³/mol. The van der Waals surface area contributed by atoms with Gasteiger partial charge in [0, 0.05) is 22.7 Å². The van der Waals surface area contributed by atoms with Crippen LogP contribution in [0.4, 0.5) is 8.78 Å². The summed E-state index contributed by atoms with van der Waals surface area (Å²) in [5.41, 5.74) is 1.48. The zero-order valence-electron chi connectivity index (χ0n) is 13.6. The SMILES string of the molecule is O=S(c1cc(F)cc(F)c1O)n1c(-c2ccccn2)cc2cc(Cl)ccc21. The van der Waals surface area contributed by atoms with E-state index >= 15 is 0 Å². The van der Waals surface area contributed by atoms with E-state index in [4.69, 9.17) is 11.6 Å². The van der Waals surface area contributed by atoms with Crippen LogP contribution in [0.1, 0.15) is 0 Å². The van der Waals surface area contributed by atoms with Crippen molar-refractivity contribution >= 4 is 33.5 Å². The minimum Gasteiger partial charge on any atom is -0.504 e. The molecule has 2 heterocycles. The smallest absolute Gasteiger partial charge is 0.169 e. The van der Waals surface area contributed by atoms with Gasteiger partial charge >= 0.3 is 0 Å². The Morgan fingerprint density at radius 3 is 2.63 bits per heavy atom. The summed E-state index contributed by atoms with van der Waals surface area (Å²) in [7, 11) is -2.14. The van der Waals surface area contributed by atoms with Gasteiger partial charge in [-0.3, -0.25) is 8.96 Å². The second-order valence-corrected chi connectivity index (χ2v) is 7.47. The van der Waals surface area contributed by atoms with Crippen molar-refractivity contribution in [2.75, 3.05) is 0 Å². The molecule has 8 heteroatoms. The summed E-state index contributed by atoms with van der Waals surface area (Å²) >= 11 is 6.05. The van der Waals surface area contributed by atoms with Crippen molar-refractivity contribution in [2.24, 2.45) is 0 Å². The van der Waals surface area contributed by atoms with Gasteiger partial charge in [-0.15, -0.1) is 0 Å². The van der Waals surface area contributed by atoms with E-state index in [9.17, 15) is 18.1 Å². The first-order chi connectivity index (χ1) is 13.0. The maximum absolute atomic E-state index is 13.8. The number of aromatic hydroxyl groups is 1. The van der Waals surface area contributed by atoms with Gasteiger partial charge in [-0.05, 0) is 42.5 Å². The van der Waals surface area contributed by atoms with Crippen molar-refractivity contribution in [2.45, 2.75) is 4.90 Å². The van der Waals surface area contributed by atoms with Gasteiger partial charge in [-0.25, -0.2) is 13.0 Å². The van der Waals surface area contributed by atoms with Gasteiger partial charge in [-0.2, -0.15) is 0 Å². The maximum atomic E-state index is 13.8. The third-order valence-corrected chi connectivity index (χ3v) is 5.64. The fourth-order valence-electron chi connectivity index (χ4n) is 2.81. The molecule has 0 spiro atoms. The Morgan fingerprint density at radius 2 is 1.89 bits per heavy atom. The van der Waals surface area contributed by atoms with E-state index in [1.165, 1.54) is 3.97 Å². The van der Waals surface area contributed by atoms with E-state index in [0.717, 1.165) is 6.07 Å². The lowest BCUT2D eigenvalue weighted by molar-refractivity contribution is 0.413. The van der Waals surface area contributed by atoms with Crippen LogP contribution in [0, 0.1) is 11.6 Å². The highest BCUT2D eigenvalue weighted by Crippen LogP contribution is 2.34. The maximum Gasteiger partial charge on any atom is 0.169 e. The lowest BCUT2D eigenvalue weighted by Crippen LogP contribution is -2.08. The zero-order valence-corrected chi connectivity index (χ0v) is 15.1. The zero-order chi connectivity index (χ0) is 19.1. The van der Waals surface area contributed by atoms with E-state index < -0.39 is 28.4 Å². The molecule has 1 N–H and O–H groups in total. The number of pyridine rings is 1. The number of benzene rings is 2. The molecule has 2 aromatic carbocycles. The number of hydrogen-bond donors (Lipinski definition) is 1. The molecular formula is C19H11ClF2N2O2S. The minimum absolute atomic E-state index is 0.378. The Labute approximate surface area is 160 Å². The molecule has 1 atom stereocenters. The molecule has 4 aromatic rings. The minimum atomic E-state index is -2.14. The topological polar surface area (TPSA) is 55.1 Å². The van der Waals surface area contributed by atoms with E-state index in [-0.39, 0.29) is 4.90 Å². The lowest BCUT2D eigenvalue weighted by atomic mass is 10.2. The summed E-state index contributed by atoms with van der Waals surface area (Å²) in [6, 6.07) is 13.3. The number of hydrogen-bond acceptors (Lipinski definition) is 3. The fraction of sp³-hybridized carbons (Fsp3) is 0. The predicted octanol–water partition coefficient (Wildman–Crippen LogP) is 4.91. The van der Waals surface area contributed by atoms with Gasteiger partial charge in [-0.1, -0.05) is 17.7 Å². The second kappa shape index (κ2) is 6.75. The van der Waals surface area contributed by atoms with Gasteiger partial charge in [0.25, 0.3) is 0 Å². The molecule has 0 aliphatic heterocycles. The van der Waals surface area contributed by atoms with Crippen molar-refractivity contribution in [3.8, 4) is 17.1 Å². The first-order valence-corrected chi connectivity index (χ1v) is 9.27. The summed E-state index contributed by atoms with van der Waals surface area (Å²) in [6.07, 6.45) is 1.58. The summed E-state index contributed by atoms with van der Waals surface area (Å²) in [4.78, 5) is 3.88. The van der Waals surface area contributed by atoms with E-state index in [2.05, 4.69) is 4.98 Å². The van der Waals surface area contributed by atoms with Crippen LogP contribution in [0.25, 0.3) is 22.3 Å². The molecule has 4 rings (SSSR count). The average Bonchev–Trinajstić information content (AvgIpc) is 3.03. The molecule has 0 aliphatic rings. The molecular weight excluding hydrogens is 394 g/mol. The highest BCUT2D eigenvalue weighted by Gasteiger charge is 2.22. The quantitative estimate of drug-likeness (QED) is 0.527. The van der Waals surface area contributed by atoms with Crippen LogP contribution in [0.3, 0.4) is 0 Å². The Hall–Kier alpha value is -2.77. The van der Waals surface area contributed by atoms with E-state index in [1.54, 1.807) is 48.7 Å². The number of phenols is 1. The van der Waals surface area contributed by atoms with Gasteiger partial charge in [0.05, 0.1) is 16.9 Å². The largest absolute Gasteiger partial charge is 0.504 e. The number of phenolic OH excluding ortho intramolecular Hbond substituents is 1. The first kappa shape index (κ1) is 17.6. The molecule has 0 radical (unpaired) electrons. The molecule has 0 saturated heterocycles. The summed E-state index contributed by atoms with van der Waals surface area (Å²) in [5, 5.41) is 11.1. The van der Waals surface area contributed by atoms with Crippen LogP contribution in [0.15, 0.2) is 65.7 Å². The molecule has 4 nitrogen and oxygen atoms in total. The third kappa shape index (κ3) is 3.09. The number of nitrogens with zero attached hydrogens (tertiary/aromatic N) is 2. The normalized spacial score (nSPS) is 12.4. The Bertz CT molecular complexity index is 1200. The van der Waals surface area contributed by atoms with Crippen molar-refractivity contribution in [3.05, 3.63) is 77.5 Å². The van der Waals surface area contributed by atoms with Gasteiger partial charge in [0.15, 0.2) is 22.6 Å². The standard InChI is InChI=1S/C19H11ClF2N2O2S/c20-12-4-5-16-11(7-12)8-17(15-3-1-2-6-23-15)24(16)27(26)18-10-13(21)9-14(22)19(18)25/h1-10,25H. The van der Waals surface area contributed by atoms with Crippen LogP contribution in [0.2, 0.25) is 5.02 Å². The Balaban J connectivity index is 2.02. The lowest BCUT2D eigenvalue weighted by Gasteiger charge is -2.12. The number of aromatic nitrogens is 2. The van der Waals surface area contributed by atoms with Crippen molar-refractivity contribution in [1.82, 2.24) is 8.96 Å². The summed E-state index contributed by atoms with van der Waals surface area (Å²) in [6.45, 7) is 0. The van der Waals surface area contributed by atoms with Crippen LogP contribution in [0.5, 0.6) is 5.75 Å². The van der Waals surface area contributed by atoms with Gasteiger partial charge < -0.3 is 5.11 Å².